The average molecular weight is 392 g/mol. The van der Waals surface area contributed by atoms with Gasteiger partial charge in [0.15, 0.2) is 5.78 Å². The highest BCUT2D eigenvalue weighted by Gasteiger charge is 2.17. The molecule has 4 rings (SSSR count). The quantitative estimate of drug-likeness (QED) is 0.339. The fraction of sp³-hybridized carbons (Fsp3) is 0.143. The summed E-state index contributed by atoms with van der Waals surface area (Å²) in [5, 5.41) is 10.5. The van der Waals surface area contributed by atoms with E-state index in [0.29, 0.717) is 16.3 Å². The van der Waals surface area contributed by atoms with Crippen LogP contribution in [0.2, 0.25) is 0 Å². The normalized spacial score (nSPS) is 11.0. The minimum atomic E-state index is 0.0742. The van der Waals surface area contributed by atoms with Crippen LogP contribution in [0.1, 0.15) is 20.9 Å². The predicted molar refractivity (Wildman–Crippen MR) is 112 cm³/mol. The Morgan fingerprint density at radius 1 is 1.00 bits per heavy atom. The monoisotopic (exact) mass is 391 g/mol. The number of fused-ring (bicyclic) bond motifs is 1. The van der Waals surface area contributed by atoms with E-state index < -0.39 is 0 Å². The number of nitrogens with zero attached hydrogens (tertiary/aromatic N) is 3. The molecule has 0 aliphatic carbocycles. The van der Waals surface area contributed by atoms with E-state index in [4.69, 9.17) is 0 Å². The standard InChI is InChI=1S/C21H17N3OS2/c1-13-8-10-16(11-9-13)18-20-19(22-14(2)27-20)21(24-23-18)26-12-17(25)15-6-4-3-5-7-15/h3-11H,12H2,1-2H3. The lowest BCUT2D eigenvalue weighted by Gasteiger charge is -2.05. The molecule has 4 nitrogen and oxygen atoms in total. The van der Waals surface area contributed by atoms with Crippen molar-refractivity contribution >= 4 is 39.1 Å². The Kier molecular flexibility index (Phi) is 5.01. The first-order valence-corrected chi connectivity index (χ1v) is 10.3. The fourth-order valence-corrected chi connectivity index (χ4v) is 4.57. The molecule has 0 bridgehead atoms. The second-order valence-electron chi connectivity index (χ2n) is 6.21. The number of benzene rings is 2. The van der Waals surface area contributed by atoms with Gasteiger partial charge in [0.25, 0.3) is 0 Å². The highest BCUT2D eigenvalue weighted by atomic mass is 32.2. The van der Waals surface area contributed by atoms with E-state index in [-0.39, 0.29) is 5.78 Å². The summed E-state index contributed by atoms with van der Waals surface area (Å²) in [6.45, 7) is 4.04. The van der Waals surface area contributed by atoms with Gasteiger partial charge < -0.3 is 0 Å². The summed E-state index contributed by atoms with van der Waals surface area (Å²) in [6.07, 6.45) is 0. The van der Waals surface area contributed by atoms with Crippen molar-refractivity contribution in [2.45, 2.75) is 18.9 Å². The number of Topliss-reactive ketones (excluding diaryl/α,β-unsaturated/α-hetero) is 1. The van der Waals surface area contributed by atoms with Gasteiger partial charge in [-0.05, 0) is 13.8 Å². The van der Waals surface area contributed by atoms with E-state index in [0.717, 1.165) is 26.5 Å². The lowest BCUT2D eigenvalue weighted by atomic mass is 10.1. The van der Waals surface area contributed by atoms with Crippen LogP contribution < -0.4 is 0 Å². The molecule has 2 aromatic carbocycles. The number of thioether (sulfide) groups is 1. The molecule has 0 radical (unpaired) electrons. The summed E-state index contributed by atoms with van der Waals surface area (Å²) < 4.78 is 1.01. The van der Waals surface area contributed by atoms with E-state index >= 15 is 0 Å². The molecule has 0 aliphatic heterocycles. The minimum absolute atomic E-state index is 0.0742. The van der Waals surface area contributed by atoms with E-state index in [1.807, 2.05) is 37.3 Å². The molecule has 0 fully saturated rings. The molecule has 0 atom stereocenters. The molecule has 2 aromatic heterocycles. The van der Waals surface area contributed by atoms with Crippen molar-refractivity contribution in [1.29, 1.82) is 0 Å². The Hall–Kier alpha value is -2.57. The summed E-state index contributed by atoms with van der Waals surface area (Å²) in [4.78, 5) is 17.0. The van der Waals surface area contributed by atoms with E-state index in [2.05, 4.69) is 46.4 Å². The molecule has 27 heavy (non-hydrogen) atoms. The highest BCUT2D eigenvalue weighted by Crippen LogP contribution is 2.35. The molecule has 0 spiro atoms. The van der Waals surface area contributed by atoms with Crippen LogP contribution in [-0.2, 0) is 0 Å². The molecule has 0 unspecified atom stereocenters. The summed E-state index contributed by atoms with van der Waals surface area (Å²) in [5.41, 5.74) is 4.61. The average Bonchev–Trinajstić information content (AvgIpc) is 3.09. The van der Waals surface area contributed by atoms with Crippen molar-refractivity contribution < 1.29 is 4.79 Å². The Balaban J connectivity index is 1.66. The van der Waals surface area contributed by atoms with Gasteiger partial charge in [-0.25, -0.2) is 4.98 Å². The van der Waals surface area contributed by atoms with Gasteiger partial charge in [0.2, 0.25) is 0 Å². The zero-order chi connectivity index (χ0) is 18.8. The molecule has 6 heteroatoms. The molecular weight excluding hydrogens is 374 g/mol. The van der Waals surface area contributed by atoms with Crippen LogP contribution in [0.25, 0.3) is 21.5 Å². The molecule has 2 heterocycles. The van der Waals surface area contributed by atoms with Gasteiger partial charge in [-0.15, -0.1) is 21.5 Å². The number of carbonyl (C=O) groups is 1. The van der Waals surface area contributed by atoms with Crippen LogP contribution in [0.5, 0.6) is 0 Å². The SMILES string of the molecule is Cc1ccc(-c2nnc(SCC(=O)c3ccccc3)c3nc(C)sc23)cc1. The summed E-state index contributed by atoms with van der Waals surface area (Å²) in [7, 11) is 0. The maximum Gasteiger partial charge on any atom is 0.173 e. The molecular formula is C21H17N3OS2. The van der Waals surface area contributed by atoms with Crippen molar-refractivity contribution in [2.75, 3.05) is 5.75 Å². The maximum atomic E-state index is 12.4. The number of hydrogen-bond acceptors (Lipinski definition) is 6. The Morgan fingerprint density at radius 3 is 2.48 bits per heavy atom. The Morgan fingerprint density at radius 2 is 1.74 bits per heavy atom. The molecule has 0 saturated carbocycles. The van der Waals surface area contributed by atoms with Crippen LogP contribution in [0, 0.1) is 13.8 Å². The minimum Gasteiger partial charge on any atom is -0.293 e. The lowest BCUT2D eigenvalue weighted by Crippen LogP contribution is -2.03. The molecule has 0 saturated heterocycles. The molecule has 134 valence electrons. The summed E-state index contributed by atoms with van der Waals surface area (Å²) >= 11 is 3.00. The van der Waals surface area contributed by atoms with Gasteiger partial charge in [0.05, 0.1) is 15.5 Å². The number of thiazole rings is 1. The first-order chi connectivity index (χ1) is 13.1. The molecule has 4 aromatic rings. The van der Waals surface area contributed by atoms with Crippen molar-refractivity contribution in [3.8, 4) is 11.3 Å². The van der Waals surface area contributed by atoms with E-state index in [1.165, 1.54) is 17.3 Å². The number of rotatable bonds is 5. The fourth-order valence-electron chi connectivity index (χ4n) is 2.76. The van der Waals surface area contributed by atoms with Gasteiger partial charge in [0, 0.05) is 11.1 Å². The first kappa shape index (κ1) is 17.8. The Bertz CT molecular complexity index is 1110. The maximum absolute atomic E-state index is 12.4. The first-order valence-electron chi connectivity index (χ1n) is 8.54. The van der Waals surface area contributed by atoms with Crippen LogP contribution in [0.3, 0.4) is 0 Å². The number of hydrogen-bond donors (Lipinski definition) is 0. The van der Waals surface area contributed by atoms with Gasteiger partial charge in [-0.3, -0.25) is 4.79 Å². The third kappa shape index (κ3) is 3.77. The zero-order valence-corrected chi connectivity index (χ0v) is 16.6. The van der Waals surface area contributed by atoms with Crippen molar-refractivity contribution in [3.05, 3.63) is 70.7 Å². The third-order valence-electron chi connectivity index (χ3n) is 4.15. The van der Waals surface area contributed by atoms with Crippen molar-refractivity contribution in [3.63, 3.8) is 0 Å². The van der Waals surface area contributed by atoms with Gasteiger partial charge in [-0.1, -0.05) is 71.9 Å². The summed E-state index contributed by atoms with van der Waals surface area (Å²) in [6, 6.07) is 17.6. The van der Waals surface area contributed by atoms with Gasteiger partial charge in [0.1, 0.15) is 16.2 Å². The van der Waals surface area contributed by atoms with Crippen LogP contribution in [0.4, 0.5) is 0 Å². The second-order valence-corrected chi connectivity index (χ2v) is 8.38. The zero-order valence-electron chi connectivity index (χ0n) is 15.0. The number of ketones is 1. The van der Waals surface area contributed by atoms with E-state index in [9.17, 15) is 4.79 Å². The van der Waals surface area contributed by atoms with Crippen LogP contribution >= 0.6 is 23.1 Å². The molecule has 0 N–H and O–H groups in total. The van der Waals surface area contributed by atoms with E-state index in [1.54, 1.807) is 11.3 Å². The number of aromatic nitrogens is 3. The second kappa shape index (κ2) is 7.58. The van der Waals surface area contributed by atoms with Crippen molar-refractivity contribution in [1.82, 2.24) is 15.2 Å². The number of aryl methyl sites for hydroxylation is 2. The summed E-state index contributed by atoms with van der Waals surface area (Å²) in [5.74, 6) is 0.388. The topological polar surface area (TPSA) is 55.7 Å². The number of carbonyl (C=O) groups excluding carboxylic acids is 1. The molecule has 0 aliphatic rings. The van der Waals surface area contributed by atoms with Crippen LogP contribution in [-0.4, -0.2) is 26.7 Å². The smallest absolute Gasteiger partial charge is 0.173 e. The highest BCUT2D eigenvalue weighted by molar-refractivity contribution is 8.00. The predicted octanol–water partition coefficient (Wildman–Crippen LogP) is 5.35. The van der Waals surface area contributed by atoms with Crippen molar-refractivity contribution in [2.24, 2.45) is 0 Å². The third-order valence-corrected chi connectivity index (χ3v) is 6.09. The van der Waals surface area contributed by atoms with Gasteiger partial charge in [-0.2, -0.15) is 0 Å². The lowest BCUT2D eigenvalue weighted by molar-refractivity contribution is 0.102. The largest absolute Gasteiger partial charge is 0.293 e. The molecule has 0 amide bonds. The van der Waals surface area contributed by atoms with Crippen LogP contribution in [0.15, 0.2) is 59.6 Å². The van der Waals surface area contributed by atoms with Gasteiger partial charge >= 0.3 is 0 Å². The Labute approximate surface area is 165 Å².